The Morgan fingerprint density at radius 1 is 1.03 bits per heavy atom. The zero-order chi connectivity index (χ0) is 26.4. The van der Waals surface area contributed by atoms with E-state index in [9.17, 15) is 19.8 Å². The second-order valence-corrected chi connectivity index (χ2v) is 8.67. The summed E-state index contributed by atoms with van der Waals surface area (Å²) in [6.07, 6.45) is 5.09. The molecular formula is C29H30N2O6. The lowest BCUT2D eigenvalue weighted by Crippen LogP contribution is -2.29. The summed E-state index contributed by atoms with van der Waals surface area (Å²) in [4.78, 5) is 32.0. The van der Waals surface area contributed by atoms with Crippen LogP contribution in [0.5, 0.6) is 17.2 Å². The van der Waals surface area contributed by atoms with E-state index >= 15 is 0 Å². The largest absolute Gasteiger partial charge is 0.507 e. The standard InChI is InChI=1S/C29H30N2O6/c1-3-5-15-37-22-8-6-7-21(16-22)27(33)25-26(20-9-10-23(32)24(17-20)36-4-2)31(29(35)28(25)34)18-19-11-13-30-14-12-19/h6-14,16-17,26,32-33H,3-5,15,18H2,1-2H3/b27-25+. The number of aromatic nitrogens is 1. The van der Waals surface area contributed by atoms with Gasteiger partial charge in [0.05, 0.1) is 24.8 Å². The molecule has 1 aromatic heterocycles. The maximum atomic E-state index is 13.3. The number of nitrogens with zero attached hydrogens (tertiary/aromatic N) is 2. The third-order valence-corrected chi connectivity index (χ3v) is 6.12. The third kappa shape index (κ3) is 5.58. The molecule has 1 saturated heterocycles. The maximum Gasteiger partial charge on any atom is 0.295 e. The van der Waals surface area contributed by atoms with Gasteiger partial charge in [-0.2, -0.15) is 0 Å². The van der Waals surface area contributed by atoms with Crippen molar-refractivity contribution in [1.29, 1.82) is 0 Å². The van der Waals surface area contributed by atoms with Crippen molar-refractivity contribution < 1.29 is 29.3 Å². The van der Waals surface area contributed by atoms with Crippen LogP contribution >= 0.6 is 0 Å². The van der Waals surface area contributed by atoms with E-state index in [-0.39, 0.29) is 29.4 Å². The number of hydrogen-bond acceptors (Lipinski definition) is 7. The van der Waals surface area contributed by atoms with Gasteiger partial charge >= 0.3 is 0 Å². The van der Waals surface area contributed by atoms with E-state index in [0.29, 0.717) is 30.1 Å². The number of aliphatic hydroxyl groups is 1. The summed E-state index contributed by atoms with van der Waals surface area (Å²) in [5.74, 6) is -1.10. The highest BCUT2D eigenvalue weighted by Crippen LogP contribution is 2.42. The Balaban J connectivity index is 1.82. The molecular weight excluding hydrogens is 472 g/mol. The van der Waals surface area contributed by atoms with E-state index < -0.39 is 17.7 Å². The molecule has 1 amide bonds. The van der Waals surface area contributed by atoms with Crippen LogP contribution in [0.25, 0.3) is 5.76 Å². The molecule has 0 radical (unpaired) electrons. The number of likely N-dealkylation sites (tertiary alicyclic amines) is 1. The second-order valence-electron chi connectivity index (χ2n) is 8.67. The molecule has 4 rings (SSSR count). The van der Waals surface area contributed by atoms with Gasteiger partial charge in [-0.25, -0.2) is 0 Å². The van der Waals surface area contributed by atoms with Crippen LogP contribution < -0.4 is 9.47 Å². The highest BCUT2D eigenvalue weighted by molar-refractivity contribution is 6.46. The van der Waals surface area contributed by atoms with Gasteiger partial charge in [0.15, 0.2) is 11.5 Å². The average molecular weight is 503 g/mol. The van der Waals surface area contributed by atoms with Crippen LogP contribution in [0.3, 0.4) is 0 Å². The Bertz CT molecular complexity index is 1300. The minimum absolute atomic E-state index is 0.0436. The van der Waals surface area contributed by atoms with Crippen LogP contribution in [-0.2, 0) is 16.1 Å². The SMILES string of the molecule is CCCCOc1cccc(/C(O)=C2\C(=O)C(=O)N(Cc3ccncc3)C2c2ccc(O)c(OCC)c2)c1. The zero-order valence-electron chi connectivity index (χ0n) is 20.9. The Labute approximate surface area is 215 Å². The zero-order valence-corrected chi connectivity index (χ0v) is 20.9. The number of carbonyl (C=O) groups excluding carboxylic acids is 2. The number of phenolic OH excluding ortho intramolecular Hbond substituents is 1. The van der Waals surface area contributed by atoms with Gasteiger partial charge in [-0.1, -0.05) is 31.5 Å². The summed E-state index contributed by atoms with van der Waals surface area (Å²) >= 11 is 0. The van der Waals surface area contributed by atoms with Gasteiger partial charge in [0.2, 0.25) is 0 Å². The molecule has 2 N–H and O–H groups in total. The minimum Gasteiger partial charge on any atom is -0.507 e. The summed E-state index contributed by atoms with van der Waals surface area (Å²) < 4.78 is 11.3. The monoisotopic (exact) mass is 502 g/mol. The van der Waals surface area contributed by atoms with Gasteiger partial charge in [0.1, 0.15) is 11.5 Å². The van der Waals surface area contributed by atoms with Gasteiger partial charge in [0, 0.05) is 24.5 Å². The number of carbonyl (C=O) groups is 2. The average Bonchev–Trinajstić information content (AvgIpc) is 3.15. The number of benzene rings is 2. The Kier molecular flexibility index (Phi) is 8.08. The van der Waals surface area contributed by atoms with Crippen molar-refractivity contribution in [2.45, 2.75) is 39.3 Å². The number of ketones is 1. The molecule has 1 atom stereocenters. The molecule has 1 aliphatic heterocycles. The van der Waals surface area contributed by atoms with E-state index in [4.69, 9.17) is 9.47 Å². The molecule has 0 aliphatic carbocycles. The number of rotatable bonds is 10. The van der Waals surface area contributed by atoms with Gasteiger partial charge in [-0.15, -0.1) is 0 Å². The molecule has 2 aromatic carbocycles. The quantitative estimate of drug-likeness (QED) is 0.174. The van der Waals surface area contributed by atoms with Crippen LogP contribution in [0, 0.1) is 0 Å². The Morgan fingerprint density at radius 2 is 1.81 bits per heavy atom. The fourth-order valence-electron chi connectivity index (χ4n) is 4.27. The molecule has 3 aromatic rings. The molecule has 192 valence electrons. The fourth-order valence-corrected chi connectivity index (χ4v) is 4.27. The van der Waals surface area contributed by atoms with Crippen LogP contribution in [0.15, 0.2) is 72.6 Å². The molecule has 0 spiro atoms. The van der Waals surface area contributed by atoms with Crippen LogP contribution in [-0.4, -0.2) is 45.0 Å². The number of aliphatic hydroxyl groups excluding tert-OH is 1. The molecule has 2 heterocycles. The van der Waals surface area contributed by atoms with Crippen molar-refractivity contribution >= 4 is 17.4 Å². The van der Waals surface area contributed by atoms with Crippen molar-refractivity contribution in [2.24, 2.45) is 0 Å². The van der Waals surface area contributed by atoms with E-state index in [1.807, 2.05) is 0 Å². The highest BCUT2D eigenvalue weighted by Gasteiger charge is 2.46. The van der Waals surface area contributed by atoms with Crippen LogP contribution in [0.1, 0.15) is 49.4 Å². The third-order valence-electron chi connectivity index (χ3n) is 6.12. The number of phenols is 1. The first-order valence-electron chi connectivity index (χ1n) is 12.3. The predicted molar refractivity (Wildman–Crippen MR) is 138 cm³/mol. The lowest BCUT2D eigenvalue weighted by Gasteiger charge is -2.26. The van der Waals surface area contributed by atoms with Crippen LogP contribution in [0.2, 0.25) is 0 Å². The number of pyridine rings is 1. The first-order chi connectivity index (χ1) is 17.9. The molecule has 8 heteroatoms. The molecule has 1 unspecified atom stereocenters. The predicted octanol–water partition coefficient (Wildman–Crippen LogP) is 4.99. The van der Waals surface area contributed by atoms with Gasteiger partial charge in [0.25, 0.3) is 11.7 Å². The number of Topliss-reactive ketones (excluding diaryl/α,β-unsaturated/α-hetero) is 1. The summed E-state index contributed by atoms with van der Waals surface area (Å²) in [7, 11) is 0. The number of ether oxygens (including phenoxy) is 2. The smallest absolute Gasteiger partial charge is 0.295 e. The topological polar surface area (TPSA) is 109 Å². The van der Waals surface area contributed by atoms with Crippen molar-refractivity contribution in [3.63, 3.8) is 0 Å². The summed E-state index contributed by atoms with van der Waals surface area (Å²) in [5.41, 5.74) is 1.62. The molecule has 37 heavy (non-hydrogen) atoms. The van der Waals surface area contributed by atoms with Crippen molar-refractivity contribution in [3.05, 3.63) is 89.3 Å². The first-order valence-corrected chi connectivity index (χ1v) is 12.3. The fraction of sp³-hybridized carbons (Fsp3) is 0.276. The highest BCUT2D eigenvalue weighted by atomic mass is 16.5. The maximum absolute atomic E-state index is 13.3. The number of hydrogen-bond donors (Lipinski definition) is 2. The Morgan fingerprint density at radius 3 is 2.54 bits per heavy atom. The van der Waals surface area contributed by atoms with E-state index in [1.165, 1.54) is 11.0 Å². The molecule has 1 fully saturated rings. The molecule has 1 aliphatic rings. The van der Waals surface area contributed by atoms with E-state index in [0.717, 1.165) is 18.4 Å². The number of unbranched alkanes of at least 4 members (excludes halogenated alkanes) is 1. The summed E-state index contributed by atoms with van der Waals surface area (Å²) in [6, 6.07) is 14.1. The van der Waals surface area contributed by atoms with E-state index in [1.54, 1.807) is 67.8 Å². The van der Waals surface area contributed by atoms with Crippen LogP contribution in [0.4, 0.5) is 0 Å². The second kappa shape index (κ2) is 11.6. The first kappa shape index (κ1) is 25.8. The van der Waals surface area contributed by atoms with Crippen molar-refractivity contribution in [1.82, 2.24) is 9.88 Å². The van der Waals surface area contributed by atoms with Crippen molar-refractivity contribution in [3.8, 4) is 17.2 Å². The number of amides is 1. The van der Waals surface area contributed by atoms with E-state index in [2.05, 4.69) is 11.9 Å². The van der Waals surface area contributed by atoms with Crippen molar-refractivity contribution in [2.75, 3.05) is 13.2 Å². The summed E-state index contributed by atoms with van der Waals surface area (Å²) in [6.45, 7) is 4.83. The molecule has 0 bridgehead atoms. The number of aromatic hydroxyl groups is 1. The van der Waals surface area contributed by atoms with Gasteiger partial charge < -0.3 is 24.6 Å². The molecule has 0 saturated carbocycles. The minimum atomic E-state index is -0.905. The Hall–Kier alpha value is -4.33. The normalized spacial score (nSPS) is 16.7. The molecule has 8 nitrogen and oxygen atoms in total. The van der Waals surface area contributed by atoms with Gasteiger partial charge in [-0.3, -0.25) is 14.6 Å². The van der Waals surface area contributed by atoms with Gasteiger partial charge in [-0.05, 0) is 60.9 Å². The lowest BCUT2D eigenvalue weighted by molar-refractivity contribution is -0.140. The summed E-state index contributed by atoms with van der Waals surface area (Å²) in [5, 5.41) is 21.6. The lowest BCUT2D eigenvalue weighted by atomic mass is 9.94.